The predicted octanol–water partition coefficient (Wildman–Crippen LogP) is 3.75. The Hall–Kier alpha value is -1.58. The topological polar surface area (TPSA) is 65.4 Å². The maximum atomic E-state index is 12.2. The first-order chi connectivity index (χ1) is 11.4. The number of nitrogens with one attached hydrogen (secondary N) is 1. The van der Waals surface area contributed by atoms with Gasteiger partial charge in [-0.3, -0.25) is 0 Å². The molecule has 132 valence electrons. The van der Waals surface area contributed by atoms with Crippen LogP contribution in [-0.2, 0) is 11.3 Å². The van der Waals surface area contributed by atoms with Crippen LogP contribution in [0.15, 0.2) is 12.1 Å². The third kappa shape index (κ3) is 6.14. The minimum atomic E-state index is -0.436. The van der Waals surface area contributed by atoms with Gasteiger partial charge >= 0.3 is 6.09 Å². The molecule has 1 N–H and O–H groups in total. The van der Waals surface area contributed by atoms with E-state index in [9.17, 15) is 4.79 Å². The van der Waals surface area contributed by atoms with Gasteiger partial charge in [0.2, 0.25) is 0 Å². The molecular formula is C18H27N3O2S. The number of hydrogen-bond acceptors (Lipinski definition) is 5. The van der Waals surface area contributed by atoms with Gasteiger partial charge in [0.1, 0.15) is 16.5 Å². The lowest BCUT2D eigenvalue weighted by molar-refractivity contribution is 0.0162. The Morgan fingerprint density at radius 1 is 1.50 bits per heavy atom. The maximum Gasteiger partial charge on any atom is 0.410 e. The van der Waals surface area contributed by atoms with Crippen LogP contribution in [0.5, 0.6) is 0 Å². The van der Waals surface area contributed by atoms with Gasteiger partial charge in [0.05, 0.1) is 0 Å². The van der Waals surface area contributed by atoms with Crippen LogP contribution in [0.25, 0.3) is 0 Å². The Kier molecular flexibility index (Phi) is 6.64. The molecule has 0 aromatic carbocycles. The minimum absolute atomic E-state index is 0.192. The summed E-state index contributed by atoms with van der Waals surface area (Å²) in [5.74, 6) is 0.525. The monoisotopic (exact) mass is 349 g/mol. The third-order valence-electron chi connectivity index (χ3n) is 3.97. The second kappa shape index (κ2) is 8.50. The highest BCUT2D eigenvalue weighted by atomic mass is 32.1. The third-order valence-corrected chi connectivity index (χ3v) is 4.96. The van der Waals surface area contributed by atoms with Crippen LogP contribution in [0.1, 0.15) is 49.8 Å². The molecule has 24 heavy (non-hydrogen) atoms. The molecule has 0 spiro atoms. The van der Waals surface area contributed by atoms with Crippen LogP contribution >= 0.6 is 11.3 Å². The fraction of sp³-hybridized carbons (Fsp3) is 0.667. The average molecular weight is 350 g/mol. The van der Waals surface area contributed by atoms with Crippen molar-refractivity contribution in [3.63, 3.8) is 0 Å². The highest BCUT2D eigenvalue weighted by Gasteiger charge is 2.27. The smallest absolute Gasteiger partial charge is 0.410 e. The van der Waals surface area contributed by atoms with E-state index in [0.717, 1.165) is 43.9 Å². The Balaban J connectivity index is 1.69. The molecule has 0 aliphatic carbocycles. The summed E-state index contributed by atoms with van der Waals surface area (Å²) in [6.07, 6.45) is 3.07. The molecule has 1 saturated heterocycles. The fourth-order valence-electron chi connectivity index (χ4n) is 2.84. The zero-order valence-electron chi connectivity index (χ0n) is 14.8. The average Bonchev–Trinajstić information content (AvgIpc) is 2.98. The molecule has 1 aromatic heterocycles. The fourth-order valence-corrected chi connectivity index (χ4v) is 3.62. The van der Waals surface area contributed by atoms with E-state index in [1.807, 2.05) is 37.8 Å². The summed E-state index contributed by atoms with van der Waals surface area (Å²) in [7, 11) is 0. The van der Waals surface area contributed by atoms with Crippen molar-refractivity contribution in [2.24, 2.45) is 5.92 Å². The van der Waals surface area contributed by atoms with E-state index in [2.05, 4.69) is 11.4 Å². The number of carbonyl (C=O) groups is 1. The van der Waals surface area contributed by atoms with Crippen LogP contribution in [0, 0.1) is 17.2 Å². The predicted molar refractivity (Wildman–Crippen MR) is 95.9 cm³/mol. The second-order valence-corrected chi connectivity index (χ2v) is 8.45. The SMILES string of the molecule is CC(C)(C)OC(=O)N1CCCC(CCNCc2ccc(C#N)s2)C1. The molecule has 0 bridgehead atoms. The molecule has 1 amide bonds. The summed E-state index contributed by atoms with van der Waals surface area (Å²) >= 11 is 1.54. The van der Waals surface area contributed by atoms with Crippen molar-refractivity contribution >= 4 is 17.4 Å². The van der Waals surface area contributed by atoms with Crippen molar-refractivity contribution in [3.05, 3.63) is 21.9 Å². The molecule has 6 heteroatoms. The number of likely N-dealkylation sites (tertiary alicyclic amines) is 1. The van der Waals surface area contributed by atoms with E-state index >= 15 is 0 Å². The van der Waals surface area contributed by atoms with Gasteiger partial charge in [-0.2, -0.15) is 5.26 Å². The number of carbonyl (C=O) groups excluding carboxylic acids is 1. The number of ether oxygens (including phenoxy) is 1. The van der Waals surface area contributed by atoms with Gasteiger partial charge in [-0.1, -0.05) is 0 Å². The first-order valence-corrected chi connectivity index (χ1v) is 9.36. The lowest BCUT2D eigenvalue weighted by atomic mass is 9.95. The van der Waals surface area contributed by atoms with E-state index in [-0.39, 0.29) is 6.09 Å². The van der Waals surface area contributed by atoms with Gasteiger partial charge in [-0.05, 0) is 64.6 Å². The van der Waals surface area contributed by atoms with E-state index in [0.29, 0.717) is 5.92 Å². The summed E-state index contributed by atoms with van der Waals surface area (Å²) in [5, 5.41) is 12.3. The maximum absolute atomic E-state index is 12.2. The Labute approximate surface area is 148 Å². The second-order valence-electron chi connectivity index (χ2n) is 7.28. The van der Waals surface area contributed by atoms with Crippen LogP contribution in [0.2, 0.25) is 0 Å². The minimum Gasteiger partial charge on any atom is -0.444 e. The molecule has 2 rings (SSSR count). The quantitative estimate of drug-likeness (QED) is 0.822. The number of nitriles is 1. The van der Waals surface area contributed by atoms with Gasteiger partial charge in [0, 0.05) is 24.5 Å². The molecule has 0 radical (unpaired) electrons. The Morgan fingerprint density at radius 2 is 2.29 bits per heavy atom. The van der Waals surface area contributed by atoms with E-state index < -0.39 is 5.60 Å². The summed E-state index contributed by atoms with van der Waals surface area (Å²) < 4.78 is 5.47. The van der Waals surface area contributed by atoms with Crippen LogP contribution in [-0.4, -0.2) is 36.2 Å². The van der Waals surface area contributed by atoms with Crippen molar-refractivity contribution in [1.29, 1.82) is 5.26 Å². The molecule has 1 aliphatic rings. The van der Waals surface area contributed by atoms with E-state index in [4.69, 9.17) is 10.00 Å². The number of piperidine rings is 1. The highest BCUT2D eigenvalue weighted by molar-refractivity contribution is 7.12. The molecule has 2 heterocycles. The molecule has 1 aromatic rings. The number of amides is 1. The van der Waals surface area contributed by atoms with Crippen molar-refractivity contribution < 1.29 is 9.53 Å². The summed E-state index contributed by atoms with van der Waals surface area (Å²) in [4.78, 5) is 16.0. The number of rotatable bonds is 5. The van der Waals surface area contributed by atoms with E-state index in [1.54, 1.807) is 0 Å². The van der Waals surface area contributed by atoms with E-state index in [1.165, 1.54) is 22.6 Å². The zero-order valence-corrected chi connectivity index (χ0v) is 15.6. The van der Waals surface area contributed by atoms with Gasteiger partial charge in [0.25, 0.3) is 0 Å². The first kappa shape index (κ1) is 18.8. The van der Waals surface area contributed by atoms with Crippen molar-refractivity contribution in [1.82, 2.24) is 10.2 Å². The van der Waals surface area contributed by atoms with Crippen LogP contribution < -0.4 is 5.32 Å². The van der Waals surface area contributed by atoms with Crippen LogP contribution in [0.4, 0.5) is 4.79 Å². The molecule has 5 nitrogen and oxygen atoms in total. The highest BCUT2D eigenvalue weighted by Crippen LogP contribution is 2.21. The molecule has 1 fully saturated rings. The summed E-state index contributed by atoms with van der Waals surface area (Å²) in [5.41, 5.74) is -0.436. The molecule has 1 aliphatic heterocycles. The molecule has 1 atom stereocenters. The lowest BCUT2D eigenvalue weighted by Gasteiger charge is -2.34. The van der Waals surface area contributed by atoms with Gasteiger partial charge in [-0.25, -0.2) is 4.79 Å². The largest absolute Gasteiger partial charge is 0.444 e. The van der Waals surface area contributed by atoms with Crippen molar-refractivity contribution in [2.45, 2.75) is 52.2 Å². The normalized spacial score (nSPS) is 18.2. The van der Waals surface area contributed by atoms with Crippen LogP contribution in [0.3, 0.4) is 0 Å². The van der Waals surface area contributed by atoms with Gasteiger partial charge in [-0.15, -0.1) is 11.3 Å². The molecular weight excluding hydrogens is 322 g/mol. The van der Waals surface area contributed by atoms with Gasteiger partial charge < -0.3 is 15.0 Å². The molecule has 0 saturated carbocycles. The first-order valence-electron chi connectivity index (χ1n) is 8.55. The molecule has 1 unspecified atom stereocenters. The van der Waals surface area contributed by atoms with Gasteiger partial charge in [0.15, 0.2) is 0 Å². The van der Waals surface area contributed by atoms with Crippen molar-refractivity contribution in [3.8, 4) is 6.07 Å². The summed E-state index contributed by atoms with van der Waals surface area (Å²) in [6, 6.07) is 6.03. The number of thiophene rings is 1. The number of nitrogens with zero attached hydrogens (tertiary/aromatic N) is 2. The standard InChI is InChI=1S/C18H27N3O2S/c1-18(2,3)23-17(22)21-10-4-5-14(13-21)8-9-20-12-16-7-6-15(11-19)24-16/h6-7,14,20H,4-5,8-10,12-13H2,1-3H3. The Bertz CT molecular complexity index is 586. The lowest BCUT2D eigenvalue weighted by Crippen LogP contribution is -2.43. The van der Waals surface area contributed by atoms with Crippen molar-refractivity contribution in [2.75, 3.05) is 19.6 Å². The summed E-state index contributed by atoms with van der Waals surface area (Å²) in [6.45, 7) is 9.01. The Morgan fingerprint density at radius 3 is 2.96 bits per heavy atom. The zero-order chi connectivity index (χ0) is 17.6. The number of hydrogen-bond donors (Lipinski definition) is 1.